The second kappa shape index (κ2) is 5.14. The normalized spacial score (nSPS) is 25.9. The number of hydrogen-bond acceptors (Lipinski definition) is 7. The molecule has 3 atom stereocenters. The van der Waals surface area contributed by atoms with Crippen molar-refractivity contribution in [2.24, 2.45) is 5.92 Å². The number of aromatic amines is 1. The van der Waals surface area contributed by atoms with Crippen molar-refractivity contribution in [2.75, 3.05) is 5.73 Å². The summed E-state index contributed by atoms with van der Waals surface area (Å²) in [6, 6.07) is 0. The number of anilines is 1. The number of aliphatic hydroxyl groups excluding tert-OH is 1. The first kappa shape index (κ1) is 15.1. The SMILES string of the molecule is Nc1nc2c(ncn2C[C@H]2C[C@H](P(=O)(O)O)O[C@H]2O)c(=O)[nH]1. The molecule has 11 nitrogen and oxygen atoms in total. The zero-order chi connectivity index (χ0) is 16.1. The molecule has 1 saturated heterocycles. The lowest BCUT2D eigenvalue weighted by molar-refractivity contribution is -0.0968. The summed E-state index contributed by atoms with van der Waals surface area (Å²) in [5, 5.41) is 9.79. The molecular formula is C10H14N5O6P. The summed E-state index contributed by atoms with van der Waals surface area (Å²) >= 11 is 0. The molecular weight excluding hydrogens is 317 g/mol. The Bertz CT molecular complexity index is 812. The van der Waals surface area contributed by atoms with Gasteiger partial charge in [-0.15, -0.1) is 0 Å². The highest BCUT2D eigenvalue weighted by molar-refractivity contribution is 7.52. The van der Waals surface area contributed by atoms with Gasteiger partial charge >= 0.3 is 7.60 Å². The van der Waals surface area contributed by atoms with Crippen molar-refractivity contribution in [2.45, 2.75) is 25.1 Å². The smallest absolute Gasteiger partial charge is 0.354 e. The third kappa shape index (κ3) is 2.64. The van der Waals surface area contributed by atoms with E-state index in [0.717, 1.165) is 0 Å². The summed E-state index contributed by atoms with van der Waals surface area (Å²) < 4.78 is 17.6. The Morgan fingerprint density at radius 1 is 1.55 bits per heavy atom. The van der Waals surface area contributed by atoms with E-state index < -0.39 is 31.2 Å². The van der Waals surface area contributed by atoms with Crippen LogP contribution in [0.4, 0.5) is 5.95 Å². The quantitative estimate of drug-likeness (QED) is 0.421. The number of nitrogens with zero attached hydrogens (tertiary/aromatic N) is 3. The highest BCUT2D eigenvalue weighted by Crippen LogP contribution is 2.49. The Kier molecular flexibility index (Phi) is 3.54. The van der Waals surface area contributed by atoms with Gasteiger partial charge in [0.1, 0.15) is 0 Å². The van der Waals surface area contributed by atoms with Gasteiger partial charge in [-0.3, -0.25) is 14.3 Å². The number of H-pyrrole nitrogens is 1. The van der Waals surface area contributed by atoms with E-state index in [1.54, 1.807) is 0 Å². The molecule has 1 fully saturated rings. The molecule has 0 amide bonds. The second-order valence-electron chi connectivity index (χ2n) is 5.09. The fourth-order valence-corrected chi connectivity index (χ4v) is 3.27. The molecule has 0 bridgehead atoms. The van der Waals surface area contributed by atoms with Crippen LogP contribution in [-0.4, -0.2) is 46.5 Å². The molecule has 0 spiro atoms. The Balaban J connectivity index is 1.88. The lowest BCUT2D eigenvalue weighted by Gasteiger charge is -2.13. The summed E-state index contributed by atoms with van der Waals surface area (Å²) in [7, 11) is -4.44. The predicted molar refractivity (Wildman–Crippen MR) is 73.6 cm³/mol. The molecule has 0 unspecified atom stereocenters. The Morgan fingerprint density at radius 2 is 2.27 bits per heavy atom. The van der Waals surface area contributed by atoms with Crippen LogP contribution in [0.25, 0.3) is 11.2 Å². The van der Waals surface area contributed by atoms with Gasteiger partial charge in [-0.25, -0.2) is 4.98 Å². The van der Waals surface area contributed by atoms with Crippen molar-refractivity contribution < 1.29 is 24.2 Å². The number of ether oxygens (including phenoxy) is 1. The minimum Gasteiger partial charge on any atom is -0.369 e. The van der Waals surface area contributed by atoms with Gasteiger partial charge in [0.05, 0.1) is 6.33 Å². The largest absolute Gasteiger partial charge is 0.369 e. The summed E-state index contributed by atoms with van der Waals surface area (Å²) in [6.07, 6.45) is 0.00244. The number of hydrogen-bond donors (Lipinski definition) is 5. The maximum Gasteiger partial charge on any atom is 0.354 e. The molecule has 2 aromatic heterocycles. The van der Waals surface area contributed by atoms with E-state index in [1.165, 1.54) is 10.9 Å². The van der Waals surface area contributed by atoms with Gasteiger partial charge in [0.2, 0.25) is 5.95 Å². The monoisotopic (exact) mass is 331 g/mol. The molecule has 0 radical (unpaired) electrons. The Labute approximate surface area is 122 Å². The van der Waals surface area contributed by atoms with E-state index in [1.807, 2.05) is 0 Å². The van der Waals surface area contributed by atoms with Crippen LogP contribution in [-0.2, 0) is 15.8 Å². The Hall–Kier alpha value is -1.78. The summed E-state index contributed by atoms with van der Waals surface area (Å²) in [5.41, 5.74) is 5.32. The van der Waals surface area contributed by atoms with Crippen molar-refractivity contribution >= 4 is 24.7 Å². The van der Waals surface area contributed by atoms with E-state index in [2.05, 4.69) is 15.0 Å². The number of nitrogens with one attached hydrogen (secondary N) is 1. The third-order valence-electron chi connectivity index (χ3n) is 3.50. The van der Waals surface area contributed by atoms with E-state index in [-0.39, 0.29) is 30.1 Å². The highest BCUT2D eigenvalue weighted by Gasteiger charge is 2.43. The fourth-order valence-electron chi connectivity index (χ4n) is 2.44. The number of aliphatic hydroxyl groups is 1. The van der Waals surface area contributed by atoms with E-state index >= 15 is 0 Å². The molecule has 1 aliphatic rings. The third-order valence-corrected chi connectivity index (χ3v) is 4.59. The van der Waals surface area contributed by atoms with Crippen LogP contribution in [0.1, 0.15) is 6.42 Å². The standard InChI is InChI=1S/C10H14N5O6P/c11-10-13-7-6(8(16)14-10)12-3-15(7)2-4-1-5(21-9(4)17)22(18,19)20/h3-5,9,17H,1-2H2,(H2,18,19,20)(H3,11,13,14,16)/t4-,5+,9-/m1/s1. The van der Waals surface area contributed by atoms with Crippen molar-refractivity contribution in [1.29, 1.82) is 0 Å². The first-order chi connectivity index (χ1) is 10.3. The first-order valence-corrected chi connectivity index (χ1v) is 8.03. The molecule has 12 heteroatoms. The number of aromatic nitrogens is 4. The molecule has 6 N–H and O–H groups in total. The molecule has 0 saturated carbocycles. The zero-order valence-corrected chi connectivity index (χ0v) is 12.1. The maximum atomic E-state index is 11.7. The van der Waals surface area contributed by atoms with Crippen LogP contribution in [0.5, 0.6) is 0 Å². The molecule has 3 rings (SSSR count). The van der Waals surface area contributed by atoms with Gasteiger partial charge in [0.15, 0.2) is 23.3 Å². The number of rotatable bonds is 3. The molecule has 2 aromatic rings. The van der Waals surface area contributed by atoms with Crippen LogP contribution < -0.4 is 11.3 Å². The van der Waals surface area contributed by atoms with Gasteiger partial charge < -0.3 is 29.9 Å². The number of nitrogens with two attached hydrogens (primary N) is 1. The summed E-state index contributed by atoms with van der Waals surface area (Å²) in [6.45, 7) is 0.129. The predicted octanol–water partition coefficient (Wildman–Crippen LogP) is -1.44. The Morgan fingerprint density at radius 3 is 2.91 bits per heavy atom. The van der Waals surface area contributed by atoms with E-state index in [9.17, 15) is 14.5 Å². The lowest BCUT2D eigenvalue weighted by Crippen LogP contribution is -2.20. The minimum absolute atomic E-state index is 0.0240. The van der Waals surface area contributed by atoms with Crippen LogP contribution in [0.15, 0.2) is 11.1 Å². The van der Waals surface area contributed by atoms with Crippen molar-refractivity contribution in [3.63, 3.8) is 0 Å². The molecule has 22 heavy (non-hydrogen) atoms. The number of fused-ring (bicyclic) bond motifs is 1. The average Bonchev–Trinajstić information content (AvgIpc) is 2.95. The minimum atomic E-state index is -4.44. The van der Waals surface area contributed by atoms with Gasteiger partial charge in [-0.2, -0.15) is 4.98 Å². The van der Waals surface area contributed by atoms with Gasteiger partial charge in [0.25, 0.3) is 5.56 Å². The van der Waals surface area contributed by atoms with Crippen LogP contribution in [0.3, 0.4) is 0 Å². The average molecular weight is 331 g/mol. The number of nitrogen functional groups attached to an aromatic ring is 1. The topological polar surface area (TPSA) is 177 Å². The van der Waals surface area contributed by atoms with E-state index in [4.69, 9.17) is 20.3 Å². The molecule has 0 aliphatic carbocycles. The van der Waals surface area contributed by atoms with Gasteiger partial charge in [-0.1, -0.05) is 0 Å². The highest BCUT2D eigenvalue weighted by atomic mass is 31.2. The number of imidazole rings is 1. The van der Waals surface area contributed by atoms with Gasteiger partial charge in [-0.05, 0) is 6.42 Å². The lowest BCUT2D eigenvalue weighted by atomic mass is 10.1. The summed E-state index contributed by atoms with van der Waals surface area (Å²) in [5.74, 6) is -1.99. The van der Waals surface area contributed by atoms with Crippen molar-refractivity contribution in [3.8, 4) is 0 Å². The fraction of sp³-hybridized carbons (Fsp3) is 0.500. The molecule has 3 heterocycles. The van der Waals surface area contributed by atoms with Gasteiger partial charge in [0, 0.05) is 12.5 Å². The zero-order valence-electron chi connectivity index (χ0n) is 11.2. The van der Waals surface area contributed by atoms with Crippen molar-refractivity contribution in [3.05, 3.63) is 16.7 Å². The second-order valence-corrected chi connectivity index (χ2v) is 6.84. The first-order valence-electron chi connectivity index (χ1n) is 6.35. The van der Waals surface area contributed by atoms with Crippen LogP contribution in [0, 0.1) is 5.92 Å². The molecule has 120 valence electrons. The molecule has 0 aromatic carbocycles. The van der Waals surface area contributed by atoms with Crippen LogP contribution in [0.2, 0.25) is 0 Å². The van der Waals surface area contributed by atoms with E-state index in [0.29, 0.717) is 0 Å². The molecule has 1 aliphatic heterocycles. The van der Waals surface area contributed by atoms with Crippen molar-refractivity contribution in [1.82, 2.24) is 19.5 Å². The van der Waals surface area contributed by atoms with Crippen LogP contribution >= 0.6 is 7.60 Å². The summed E-state index contributed by atoms with van der Waals surface area (Å²) in [4.78, 5) is 40.1. The maximum absolute atomic E-state index is 11.7.